The molecule has 0 aliphatic carbocycles. The summed E-state index contributed by atoms with van der Waals surface area (Å²) < 4.78 is 14.1. The summed E-state index contributed by atoms with van der Waals surface area (Å²) >= 11 is 0. The fraction of sp³-hybridized carbons (Fsp3) is 0.500. The highest BCUT2D eigenvalue weighted by Gasteiger charge is 2.22. The third-order valence-electron chi connectivity index (χ3n) is 3.55. The van der Waals surface area contributed by atoms with Crippen molar-refractivity contribution in [2.45, 2.75) is 19.2 Å². The van der Waals surface area contributed by atoms with E-state index in [-0.39, 0.29) is 11.1 Å². The molecule has 20 heavy (non-hydrogen) atoms. The Kier molecular flexibility index (Phi) is 4.54. The largest absolute Gasteiger partial charge is 0.367 e. The second kappa shape index (κ2) is 6.00. The summed E-state index contributed by atoms with van der Waals surface area (Å²) in [6, 6.07) is 5.29. The highest BCUT2D eigenvalue weighted by Crippen LogP contribution is 2.24. The molecule has 0 bridgehead atoms. The van der Waals surface area contributed by atoms with Gasteiger partial charge in [-0.3, -0.25) is 0 Å². The van der Waals surface area contributed by atoms with E-state index in [1.54, 1.807) is 6.08 Å². The Morgan fingerprint density at radius 2 is 1.95 bits per heavy atom. The van der Waals surface area contributed by atoms with Gasteiger partial charge in [0.2, 0.25) is 0 Å². The topological polar surface area (TPSA) is 6.48 Å². The van der Waals surface area contributed by atoms with Crippen molar-refractivity contribution >= 4 is 19.6 Å². The van der Waals surface area contributed by atoms with E-state index < -0.39 is 0 Å². The average Bonchev–Trinajstić information content (AvgIpc) is 2.38. The van der Waals surface area contributed by atoms with Gasteiger partial charge in [-0.25, -0.2) is 4.39 Å². The first-order valence-corrected chi connectivity index (χ1v) is 7.07. The Balaban J connectivity index is 1.98. The highest BCUT2D eigenvalue weighted by atomic mass is 19.1. The SMILES string of the molecule is [B]C(C)(C)CN1CCN(c2ccc(C=C)cc2F)CC1. The van der Waals surface area contributed by atoms with E-state index in [1.807, 2.05) is 26.0 Å². The van der Waals surface area contributed by atoms with Gasteiger partial charge in [0.1, 0.15) is 5.82 Å². The molecule has 1 aromatic carbocycles. The number of rotatable bonds is 4. The number of piperazine rings is 1. The van der Waals surface area contributed by atoms with Crippen LogP contribution in [0, 0.1) is 5.82 Å². The van der Waals surface area contributed by atoms with Crippen LogP contribution in [0.15, 0.2) is 24.8 Å². The molecule has 1 saturated heterocycles. The fourth-order valence-corrected chi connectivity index (χ4v) is 2.63. The molecular weight excluding hydrogens is 250 g/mol. The molecule has 0 aromatic heterocycles. The number of halogens is 1. The summed E-state index contributed by atoms with van der Waals surface area (Å²) in [5, 5.41) is -0.182. The minimum absolute atomic E-state index is 0.171. The van der Waals surface area contributed by atoms with Gasteiger partial charge in [0.05, 0.1) is 13.5 Å². The maximum atomic E-state index is 14.1. The van der Waals surface area contributed by atoms with Gasteiger partial charge in [0.15, 0.2) is 0 Å². The maximum absolute atomic E-state index is 14.1. The Morgan fingerprint density at radius 1 is 1.30 bits per heavy atom. The number of anilines is 1. The third kappa shape index (κ3) is 3.86. The Morgan fingerprint density at radius 3 is 2.45 bits per heavy atom. The molecule has 2 radical (unpaired) electrons. The van der Waals surface area contributed by atoms with Crippen LogP contribution < -0.4 is 4.90 Å². The first kappa shape index (κ1) is 15.1. The van der Waals surface area contributed by atoms with E-state index in [0.29, 0.717) is 5.69 Å². The van der Waals surface area contributed by atoms with Gasteiger partial charge < -0.3 is 9.80 Å². The molecule has 1 fully saturated rings. The van der Waals surface area contributed by atoms with Gasteiger partial charge in [-0.1, -0.05) is 37.9 Å². The van der Waals surface area contributed by atoms with E-state index in [2.05, 4.69) is 16.4 Å². The molecule has 106 valence electrons. The van der Waals surface area contributed by atoms with Crippen molar-refractivity contribution in [2.75, 3.05) is 37.6 Å². The van der Waals surface area contributed by atoms with Crippen molar-refractivity contribution in [3.63, 3.8) is 0 Å². The van der Waals surface area contributed by atoms with Gasteiger partial charge in [0, 0.05) is 26.2 Å². The molecule has 0 N–H and O–H groups in total. The minimum atomic E-state index is -0.182. The van der Waals surface area contributed by atoms with Crippen molar-refractivity contribution in [1.82, 2.24) is 4.90 Å². The van der Waals surface area contributed by atoms with Crippen LogP contribution in [0.4, 0.5) is 10.1 Å². The minimum Gasteiger partial charge on any atom is -0.367 e. The zero-order chi connectivity index (χ0) is 14.8. The highest BCUT2D eigenvalue weighted by molar-refractivity contribution is 6.14. The van der Waals surface area contributed by atoms with Gasteiger partial charge in [0.25, 0.3) is 0 Å². The predicted octanol–water partition coefficient (Wildman–Crippen LogP) is 2.96. The van der Waals surface area contributed by atoms with Crippen LogP contribution in [-0.4, -0.2) is 45.5 Å². The van der Waals surface area contributed by atoms with Crippen molar-refractivity contribution < 1.29 is 4.39 Å². The lowest BCUT2D eigenvalue weighted by Gasteiger charge is -2.39. The maximum Gasteiger partial charge on any atom is 0.147 e. The number of benzene rings is 1. The molecular formula is C16H22BFN2. The molecule has 0 amide bonds. The second-order valence-corrected chi connectivity index (χ2v) is 6.17. The number of nitrogens with zero attached hydrogens (tertiary/aromatic N) is 2. The summed E-state index contributed by atoms with van der Waals surface area (Å²) in [7, 11) is 6.04. The Hall–Kier alpha value is -1.29. The first-order chi connectivity index (χ1) is 9.39. The summed E-state index contributed by atoms with van der Waals surface area (Å²) in [4.78, 5) is 4.44. The molecule has 0 saturated carbocycles. The molecule has 2 nitrogen and oxygen atoms in total. The van der Waals surface area contributed by atoms with Crippen LogP contribution >= 0.6 is 0 Å². The molecule has 1 aromatic rings. The molecule has 0 spiro atoms. The van der Waals surface area contributed by atoms with Gasteiger partial charge in [-0.2, -0.15) is 0 Å². The Bertz CT molecular complexity index is 474. The zero-order valence-corrected chi connectivity index (χ0v) is 12.4. The molecule has 4 heteroatoms. The summed E-state index contributed by atoms with van der Waals surface area (Å²) in [6.07, 6.45) is 1.66. The van der Waals surface area contributed by atoms with Crippen molar-refractivity contribution in [3.05, 3.63) is 36.2 Å². The molecule has 2 rings (SSSR count). The van der Waals surface area contributed by atoms with Crippen molar-refractivity contribution in [1.29, 1.82) is 0 Å². The van der Waals surface area contributed by atoms with Crippen LogP contribution in [0.3, 0.4) is 0 Å². The van der Waals surface area contributed by atoms with Crippen LogP contribution in [0.1, 0.15) is 19.4 Å². The van der Waals surface area contributed by atoms with E-state index in [1.165, 1.54) is 6.07 Å². The standard InChI is InChI=1S/C16H22BFN2/c1-4-13-5-6-15(14(18)11-13)20-9-7-19(8-10-20)12-16(2,3)17/h4-6,11H,1,7-10,12H2,2-3H3. The smallest absolute Gasteiger partial charge is 0.147 e. The quantitative estimate of drug-likeness (QED) is 0.777. The fourth-order valence-electron chi connectivity index (χ4n) is 2.63. The summed E-state index contributed by atoms with van der Waals surface area (Å²) in [6.45, 7) is 12.1. The lowest BCUT2D eigenvalue weighted by Crippen LogP contribution is -2.48. The first-order valence-electron chi connectivity index (χ1n) is 7.07. The van der Waals surface area contributed by atoms with E-state index in [4.69, 9.17) is 7.85 Å². The summed E-state index contributed by atoms with van der Waals surface area (Å²) in [5.74, 6) is -0.171. The zero-order valence-electron chi connectivity index (χ0n) is 12.4. The number of hydrogen-bond donors (Lipinski definition) is 0. The van der Waals surface area contributed by atoms with Crippen LogP contribution in [-0.2, 0) is 0 Å². The second-order valence-electron chi connectivity index (χ2n) is 6.17. The molecule has 1 heterocycles. The van der Waals surface area contributed by atoms with Crippen LogP contribution in [0.25, 0.3) is 6.08 Å². The van der Waals surface area contributed by atoms with E-state index in [0.717, 1.165) is 38.3 Å². The normalized spacial score (nSPS) is 17.2. The lowest BCUT2D eigenvalue weighted by molar-refractivity contribution is 0.236. The van der Waals surface area contributed by atoms with Crippen LogP contribution in [0.5, 0.6) is 0 Å². The summed E-state index contributed by atoms with van der Waals surface area (Å²) in [5.41, 5.74) is 1.50. The monoisotopic (exact) mass is 272 g/mol. The van der Waals surface area contributed by atoms with E-state index >= 15 is 0 Å². The average molecular weight is 272 g/mol. The lowest BCUT2D eigenvalue weighted by atomic mass is 9.72. The Labute approximate surface area is 122 Å². The van der Waals surface area contributed by atoms with Gasteiger partial charge >= 0.3 is 0 Å². The van der Waals surface area contributed by atoms with Crippen LogP contribution in [0.2, 0.25) is 5.31 Å². The van der Waals surface area contributed by atoms with Gasteiger partial charge in [-0.15, -0.1) is 0 Å². The molecule has 0 atom stereocenters. The molecule has 1 aliphatic heterocycles. The van der Waals surface area contributed by atoms with E-state index in [9.17, 15) is 4.39 Å². The van der Waals surface area contributed by atoms with Crippen molar-refractivity contribution in [2.24, 2.45) is 0 Å². The molecule has 1 aliphatic rings. The molecule has 0 unspecified atom stereocenters. The number of hydrogen-bond acceptors (Lipinski definition) is 2. The predicted molar refractivity (Wildman–Crippen MR) is 84.9 cm³/mol. The third-order valence-corrected chi connectivity index (χ3v) is 3.55. The van der Waals surface area contributed by atoms with Crippen molar-refractivity contribution in [3.8, 4) is 0 Å². The van der Waals surface area contributed by atoms with Gasteiger partial charge in [-0.05, 0) is 24.2 Å².